The van der Waals surface area contributed by atoms with Crippen LogP contribution in [-0.4, -0.2) is 18.9 Å². The van der Waals surface area contributed by atoms with Gasteiger partial charge in [0, 0.05) is 24.3 Å². The van der Waals surface area contributed by atoms with E-state index < -0.39 is 0 Å². The maximum Gasteiger partial charge on any atom is 0.130 e. The van der Waals surface area contributed by atoms with Gasteiger partial charge in [0.05, 0.1) is 0 Å². The van der Waals surface area contributed by atoms with Crippen molar-refractivity contribution >= 4 is 11.5 Å². The van der Waals surface area contributed by atoms with E-state index in [-0.39, 0.29) is 0 Å². The number of hydrogen-bond donors (Lipinski definition) is 2. The molecule has 0 bridgehead atoms. The summed E-state index contributed by atoms with van der Waals surface area (Å²) in [5.41, 5.74) is 7.70. The van der Waals surface area contributed by atoms with Crippen LogP contribution in [-0.2, 0) is 0 Å². The Morgan fingerprint density at radius 1 is 1.21 bits per heavy atom. The number of nitrogen functional groups attached to an aromatic ring is 1. The SMILES string of the molecule is Nc1ccccc1C1=NCCCCN1. The molecule has 0 aromatic heterocycles. The van der Waals surface area contributed by atoms with Crippen molar-refractivity contribution in [3.05, 3.63) is 29.8 Å². The third kappa shape index (κ3) is 1.87. The molecule has 0 radical (unpaired) electrons. The highest BCUT2D eigenvalue weighted by atomic mass is 15.0. The minimum absolute atomic E-state index is 0.792. The van der Waals surface area contributed by atoms with E-state index in [1.165, 1.54) is 6.42 Å². The van der Waals surface area contributed by atoms with E-state index in [1.54, 1.807) is 0 Å². The first kappa shape index (κ1) is 9.06. The summed E-state index contributed by atoms with van der Waals surface area (Å²) >= 11 is 0. The number of hydrogen-bond acceptors (Lipinski definition) is 3. The molecule has 3 nitrogen and oxygen atoms in total. The molecule has 3 N–H and O–H groups in total. The predicted octanol–water partition coefficient (Wildman–Crippen LogP) is 1.40. The molecule has 0 fully saturated rings. The van der Waals surface area contributed by atoms with Crippen LogP contribution in [0, 0.1) is 0 Å². The molecule has 0 unspecified atom stereocenters. The fourth-order valence-electron chi connectivity index (χ4n) is 1.58. The fourth-order valence-corrected chi connectivity index (χ4v) is 1.58. The molecule has 14 heavy (non-hydrogen) atoms. The smallest absolute Gasteiger partial charge is 0.130 e. The van der Waals surface area contributed by atoms with Crippen molar-refractivity contribution in [2.75, 3.05) is 18.8 Å². The number of nitrogens with two attached hydrogens (primary N) is 1. The third-order valence-corrected chi connectivity index (χ3v) is 2.36. The summed E-state index contributed by atoms with van der Waals surface area (Å²) in [7, 11) is 0. The highest BCUT2D eigenvalue weighted by molar-refractivity contribution is 6.03. The van der Waals surface area contributed by atoms with Crippen LogP contribution >= 0.6 is 0 Å². The lowest BCUT2D eigenvalue weighted by molar-refractivity contribution is 0.750. The molecule has 0 atom stereocenters. The van der Waals surface area contributed by atoms with Crippen molar-refractivity contribution in [3.8, 4) is 0 Å². The summed E-state index contributed by atoms with van der Waals surface area (Å²) in [6, 6.07) is 7.84. The molecule has 1 heterocycles. The van der Waals surface area contributed by atoms with Crippen molar-refractivity contribution in [2.24, 2.45) is 4.99 Å². The van der Waals surface area contributed by atoms with Gasteiger partial charge in [-0.3, -0.25) is 4.99 Å². The van der Waals surface area contributed by atoms with Gasteiger partial charge < -0.3 is 11.1 Å². The van der Waals surface area contributed by atoms with Crippen molar-refractivity contribution < 1.29 is 0 Å². The van der Waals surface area contributed by atoms with Gasteiger partial charge in [-0.05, 0) is 25.0 Å². The number of amidine groups is 1. The maximum atomic E-state index is 5.88. The van der Waals surface area contributed by atoms with E-state index in [2.05, 4.69) is 10.3 Å². The van der Waals surface area contributed by atoms with Crippen LogP contribution in [0.25, 0.3) is 0 Å². The first-order chi connectivity index (χ1) is 6.88. The number of benzene rings is 1. The maximum absolute atomic E-state index is 5.88. The molecule has 0 saturated carbocycles. The Labute approximate surface area is 84.0 Å². The van der Waals surface area contributed by atoms with Gasteiger partial charge in [-0.25, -0.2) is 0 Å². The predicted molar refractivity (Wildman–Crippen MR) is 59.5 cm³/mol. The first-order valence-corrected chi connectivity index (χ1v) is 5.01. The Balaban J connectivity index is 2.29. The van der Waals surface area contributed by atoms with E-state index >= 15 is 0 Å². The van der Waals surface area contributed by atoms with Crippen molar-refractivity contribution in [2.45, 2.75) is 12.8 Å². The Hall–Kier alpha value is -1.51. The number of para-hydroxylation sites is 1. The van der Waals surface area contributed by atoms with Gasteiger partial charge in [-0.1, -0.05) is 12.1 Å². The van der Waals surface area contributed by atoms with Crippen LogP contribution in [0.1, 0.15) is 18.4 Å². The van der Waals surface area contributed by atoms with Crippen LogP contribution in [0.5, 0.6) is 0 Å². The molecule has 74 valence electrons. The molecular weight excluding hydrogens is 174 g/mol. The second-order valence-corrected chi connectivity index (χ2v) is 3.45. The molecule has 0 amide bonds. The van der Waals surface area contributed by atoms with Crippen LogP contribution in [0.4, 0.5) is 5.69 Å². The lowest BCUT2D eigenvalue weighted by Gasteiger charge is -2.09. The average molecular weight is 189 g/mol. The number of nitrogens with one attached hydrogen (secondary N) is 1. The van der Waals surface area contributed by atoms with Crippen LogP contribution < -0.4 is 11.1 Å². The van der Waals surface area contributed by atoms with E-state index in [0.29, 0.717) is 0 Å². The van der Waals surface area contributed by atoms with E-state index in [9.17, 15) is 0 Å². The van der Waals surface area contributed by atoms with Crippen molar-refractivity contribution in [1.82, 2.24) is 5.32 Å². The number of nitrogens with zero attached hydrogens (tertiary/aromatic N) is 1. The average Bonchev–Trinajstić information content (AvgIpc) is 2.47. The number of aliphatic imine (C=N–C) groups is 1. The second-order valence-electron chi connectivity index (χ2n) is 3.45. The van der Waals surface area contributed by atoms with Crippen LogP contribution in [0.15, 0.2) is 29.3 Å². The molecule has 1 aliphatic rings. The molecule has 0 saturated heterocycles. The summed E-state index contributed by atoms with van der Waals surface area (Å²) < 4.78 is 0. The Bertz CT molecular complexity index is 344. The molecule has 2 rings (SSSR count). The van der Waals surface area contributed by atoms with Gasteiger partial charge in [-0.15, -0.1) is 0 Å². The van der Waals surface area contributed by atoms with E-state index in [4.69, 9.17) is 5.73 Å². The van der Waals surface area contributed by atoms with E-state index in [0.717, 1.165) is 36.6 Å². The first-order valence-electron chi connectivity index (χ1n) is 5.01. The van der Waals surface area contributed by atoms with Crippen molar-refractivity contribution in [3.63, 3.8) is 0 Å². The van der Waals surface area contributed by atoms with Crippen LogP contribution in [0.3, 0.4) is 0 Å². The summed E-state index contributed by atoms with van der Waals surface area (Å²) in [6.07, 6.45) is 2.34. The molecule has 0 aliphatic carbocycles. The van der Waals surface area contributed by atoms with Gasteiger partial charge in [0.1, 0.15) is 5.84 Å². The normalized spacial score (nSPS) is 16.7. The Morgan fingerprint density at radius 3 is 2.93 bits per heavy atom. The lowest BCUT2D eigenvalue weighted by Crippen LogP contribution is -2.25. The quantitative estimate of drug-likeness (QED) is 0.656. The molecular formula is C11H15N3. The monoisotopic (exact) mass is 189 g/mol. The minimum Gasteiger partial charge on any atom is -0.398 e. The molecule has 3 heteroatoms. The lowest BCUT2D eigenvalue weighted by atomic mass is 10.1. The summed E-state index contributed by atoms with van der Waals surface area (Å²) in [4.78, 5) is 4.48. The van der Waals surface area contributed by atoms with Gasteiger partial charge in [0.15, 0.2) is 0 Å². The fraction of sp³-hybridized carbons (Fsp3) is 0.364. The Kier molecular flexibility index (Phi) is 2.68. The van der Waals surface area contributed by atoms with Gasteiger partial charge in [-0.2, -0.15) is 0 Å². The number of anilines is 1. The van der Waals surface area contributed by atoms with Gasteiger partial charge in [0.2, 0.25) is 0 Å². The molecule has 0 spiro atoms. The molecule has 1 aromatic carbocycles. The summed E-state index contributed by atoms with van der Waals surface area (Å²) in [6.45, 7) is 1.89. The topological polar surface area (TPSA) is 50.4 Å². The third-order valence-electron chi connectivity index (χ3n) is 2.36. The molecule has 1 aliphatic heterocycles. The van der Waals surface area contributed by atoms with Gasteiger partial charge in [0.25, 0.3) is 0 Å². The number of rotatable bonds is 1. The zero-order valence-electron chi connectivity index (χ0n) is 8.16. The van der Waals surface area contributed by atoms with Gasteiger partial charge >= 0.3 is 0 Å². The largest absolute Gasteiger partial charge is 0.398 e. The van der Waals surface area contributed by atoms with Crippen molar-refractivity contribution in [1.29, 1.82) is 0 Å². The molecule has 1 aromatic rings. The minimum atomic E-state index is 0.792. The second kappa shape index (κ2) is 4.13. The van der Waals surface area contributed by atoms with E-state index in [1.807, 2.05) is 24.3 Å². The highest BCUT2D eigenvalue weighted by Gasteiger charge is 2.07. The van der Waals surface area contributed by atoms with Crippen LogP contribution in [0.2, 0.25) is 0 Å². The summed E-state index contributed by atoms with van der Waals surface area (Å²) in [5, 5.41) is 3.31. The standard InChI is InChI=1S/C11H15N3/c12-10-6-2-1-5-9(10)11-13-7-3-4-8-14-11/h1-2,5-6H,3-4,7-8,12H2,(H,13,14). The zero-order valence-corrected chi connectivity index (χ0v) is 8.16. The highest BCUT2D eigenvalue weighted by Crippen LogP contribution is 2.12. The zero-order chi connectivity index (χ0) is 9.80. The Morgan fingerprint density at radius 2 is 2.07 bits per heavy atom. The summed E-state index contributed by atoms with van der Waals surface area (Å²) in [5.74, 6) is 0.945.